The van der Waals surface area contributed by atoms with E-state index >= 15 is 0 Å². The van der Waals surface area contributed by atoms with Crippen LogP contribution in [0.2, 0.25) is 0 Å². The van der Waals surface area contributed by atoms with Gasteiger partial charge in [0.05, 0.1) is 6.61 Å². The highest BCUT2D eigenvalue weighted by Gasteiger charge is 2.09. The Balaban J connectivity index is 1.77. The van der Waals surface area contributed by atoms with E-state index in [0.29, 0.717) is 17.7 Å². The summed E-state index contributed by atoms with van der Waals surface area (Å²) in [5.41, 5.74) is 1.08. The van der Waals surface area contributed by atoms with Gasteiger partial charge >= 0.3 is 5.97 Å². The van der Waals surface area contributed by atoms with E-state index in [2.05, 4.69) is 15.5 Å². The van der Waals surface area contributed by atoms with Gasteiger partial charge in [-0.15, -0.1) is 5.10 Å². The third-order valence-electron chi connectivity index (χ3n) is 2.17. The number of carboxylic acids is 1. The average molecular weight is 280 g/mol. The van der Waals surface area contributed by atoms with E-state index in [1.807, 2.05) is 30.3 Å². The lowest BCUT2D eigenvalue weighted by atomic mass is 10.2. The van der Waals surface area contributed by atoms with Gasteiger partial charge in [-0.1, -0.05) is 42.1 Å². The first-order valence-corrected chi connectivity index (χ1v) is 6.46. The fourth-order valence-corrected chi connectivity index (χ4v) is 1.97. The number of rotatable bonds is 7. The molecular formula is C11H12N4O3S. The Morgan fingerprint density at radius 2 is 2.16 bits per heavy atom. The Kier molecular flexibility index (Phi) is 4.87. The molecule has 2 aromatic rings. The largest absolute Gasteiger partial charge is 0.480 e. The van der Waals surface area contributed by atoms with E-state index in [1.54, 1.807) is 0 Å². The number of aliphatic carboxylic acids is 1. The highest BCUT2D eigenvalue weighted by molar-refractivity contribution is 7.99. The summed E-state index contributed by atoms with van der Waals surface area (Å²) in [6.07, 6.45) is 0. The van der Waals surface area contributed by atoms with Gasteiger partial charge in [-0.3, -0.25) is 4.79 Å². The maximum absolute atomic E-state index is 10.6. The van der Waals surface area contributed by atoms with Gasteiger partial charge in [-0.2, -0.15) is 0 Å². The molecule has 0 fully saturated rings. The number of benzene rings is 1. The first kappa shape index (κ1) is 13.5. The number of hydrogen-bond acceptors (Lipinski definition) is 6. The molecule has 8 heteroatoms. The predicted molar refractivity (Wildman–Crippen MR) is 67.4 cm³/mol. The lowest BCUT2D eigenvalue weighted by molar-refractivity contribution is -0.138. The molecule has 0 unspecified atom stereocenters. The van der Waals surface area contributed by atoms with Crippen molar-refractivity contribution in [3.63, 3.8) is 0 Å². The highest BCUT2D eigenvalue weighted by Crippen LogP contribution is 2.14. The summed E-state index contributed by atoms with van der Waals surface area (Å²) in [5.74, 6) is -0.631. The fraction of sp³-hybridized carbons (Fsp3) is 0.273. The Morgan fingerprint density at radius 1 is 1.37 bits per heavy atom. The zero-order chi connectivity index (χ0) is 13.5. The van der Waals surface area contributed by atoms with Crippen LogP contribution >= 0.6 is 11.8 Å². The van der Waals surface area contributed by atoms with Gasteiger partial charge < -0.3 is 9.84 Å². The van der Waals surface area contributed by atoms with Gasteiger partial charge in [0, 0.05) is 0 Å². The molecule has 0 aliphatic carbocycles. The average Bonchev–Trinajstić information content (AvgIpc) is 2.82. The molecule has 0 saturated carbocycles. The van der Waals surface area contributed by atoms with Crippen molar-refractivity contribution in [2.45, 2.75) is 18.3 Å². The van der Waals surface area contributed by atoms with E-state index in [9.17, 15) is 4.79 Å². The minimum absolute atomic E-state index is 0.256. The van der Waals surface area contributed by atoms with Crippen LogP contribution in [-0.4, -0.2) is 37.2 Å². The number of ether oxygens (including phenoxy) is 1. The SMILES string of the molecule is O=C(O)Cn1nnnc1SCOCc1ccccc1. The molecule has 0 aliphatic heterocycles. The van der Waals surface area contributed by atoms with Crippen molar-refractivity contribution in [1.82, 2.24) is 20.2 Å². The number of carbonyl (C=O) groups is 1. The van der Waals surface area contributed by atoms with Gasteiger partial charge in [0.2, 0.25) is 5.16 Å². The molecule has 7 nitrogen and oxygen atoms in total. The summed E-state index contributed by atoms with van der Waals surface area (Å²) in [6, 6.07) is 9.77. The molecular weight excluding hydrogens is 268 g/mol. The van der Waals surface area contributed by atoms with Crippen LogP contribution in [0.5, 0.6) is 0 Å². The summed E-state index contributed by atoms with van der Waals surface area (Å²) in [6.45, 7) is 0.238. The molecule has 0 spiro atoms. The quantitative estimate of drug-likeness (QED) is 0.460. The van der Waals surface area contributed by atoms with E-state index in [4.69, 9.17) is 9.84 Å². The Labute approximate surface area is 113 Å². The van der Waals surface area contributed by atoms with Crippen LogP contribution < -0.4 is 0 Å². The highest BCUT2D eigenvalue weighted by atomic mass is 32.2. The van der Waals surface area contributed by atoms with E-state index in [1.165, 1.54) is 16.4 Å². The standard InChI is InChI=1S/C11H12N4O3S/c16-10(17)6-15-11(12-13-14-15)19-8-18-7-9-4-2-1-3-5-9/h1-5H,6-8H2,(H,16,17). The van der Waals surface area contributed by atoms with Crippen LogP contribution in [0.1, 0.15) is 5.56 Å². The predicted octanol–water partition coefficient (Wildman–Crippen LogP) is 1.02. The molecule has 100 valence electrons. The molecule has 1 heterocycles. The Hall–Kier alpha value is -1.93. The second-order valence-electron chi connectivity index (χ2n) is 3.61. The van der Waals surface area contributed by atoms with Crippen molar-refractivity contribution in [1.29, 1.82) is 0 Å². The summed E-state index contributed by atoms with van der Waals surface area (Å²) in [5, 5.41) is 19.9. The van der Waals surface area contributed by atoms with Crippen molar-refractivity contribution in [2.24, 2.45) is 0 Å². The van der Waals surface area contributed by atoms with E-state index in [-0.39, 0.29) is 6.54 Å². The summed E-state index contributed by atoms with van der Waals surface area (Å²) in [4.78, 5) is 10.6. The zero-order valence-corrected chi connectivity index (χ0v) is 10.8. The molecule has 1 N–H and O–H groups in total. The smallest absolute Gasteiger partial charge is 0.325 e. The molecule has 0 atom stereocenters. The van der Waals surface area contributed by atoms with Crippen LogP contribution in [0.3, 0.4) is 0 Å². The molecule has 0 saturated heterocycles. The first-order chi connectivity index (χ1) is 9.25. The van der Waals surface area contributed by atoms with Gasteiger partial charge in [0.25, 0.3) is 0 Å². The van der Waals surface area contributed by atoms with E-state index in [0.717, 1.165) is 5.56 Å². The van der Waals surface area contributed by atoms with Crippen molar-refractivity contribution < 1.29 is 14.6 Å². The number of tetrazole rings is 1. The monoisotopic (exact) mass is 280 g/mol. The van der Waals surface area contributed by atoms with Crippen LogP contribution in [-0.2, 0) is 22.7 Å². The minimum atomic E-state index is -0.987. The van der Waals surface area contributed by atoms with Gasteiger partial charge in [-0.05, 0) is 16.0 Å². The van der Waals surface area contributed by atoms with Crippen LogP contribution in [0.15, 0.2) is 35.5 Å². The normalized spacial score (nSPS) is 10.5. The molecule has 1 aromatic heterocycles. The zero-order valence-electron chi connectivity index (χ0n) is 9.97. The number of nitrogens with zero attached hydrogens (tertiary/aromatic N) is 4. The molecule has 0 bridgehead atoms. The molecule has 2 rings (SSSR count). The van der Waals surface area contributed by atoms with Crippen LogP contribution in [0.4, 0.5) is 0 Å². The van der Waals surface area contributed by atoms with Gasteiger partial charge in [0.1, 0.15) is 12.5 Å². The maximum atomic E-state index is 10.6. The van der Waals surface area contributed by atoms with Crippen LogP contribution in [0.25, 0.3) is 0 Å². The molecule has 1 aromatic carbocycles. The molecule has 0 amide bonds. The van der Waals surface area contributed by atoms with Crippen LogP contribution in [0, 0.1) is 0 Å². The second kappa shape index (κ2) is 6.86. The topological polar surface area (TPSA) is 90.1 Å². The van der Waals surface area contributed by atoms with E-state index < -0.39 is 5.97 Å². The van der Waals surface area contributed by atoms with Crippen molar-refractivity contribution in [3.05, 3.63) is 35.9 Å². The summed E-state index contributed by atoms with van der Waals surface area (Å²) >= 11 is 1.26. The van der Waals surface area contributed by atoms with Gasteiger partial charge in [0.15, 0.2) is 0 Å². The summed E-state index contributed by atoms with van der Waals surface area (Å²) in [7, 11) is 0. The summed E-state index contributed by atoms with van der Waals surface area (Å²) < 4.78 is 6.68. The van der Waals surface area contributed by atoms with Crippen molar-refractivity contribution in [2.75, 3.05) is 5.94 Å². The molecule has 0 aliphatic rings. The lowest BCUT2D eigenvalue weighted by Crippen LogP contribution is -2.11. The van der Waals surface area contributed by atoms with Gasteiger partial charge in [-0.25, -0.2) is 4.68 Å². The third kappa shape index (κ3) is 4.34. The Morgan fingerprint density at radius 3 is 2.89 bits per heavy atom. The number of aromatic nitrogens is 4. The number of hydrogen-bond donors (Lipinski definition) is 1. The first-order valence-electron chi connectivity index (χ1n) is 5.48. The second-order valence-corrected chi connectivity index (χ2v) is 4.50. The van der Waals surface area contributed by atoms with Crippen molar-refractivity contribution >= 4 is 17.7 Å². The van der Waals surface area contributed by atoms with Crippen molar-refractivity contribution in [3.8, 4) is 0 Å². The fourth-order valence-electron chi connectivity index (χ4n) is 1.36. The maximum Gasteiger partial charge on any atom is 0.325 e. The lowest BCUT2D eigenvalue weighted by Gasteiger charge is -2.03. The molecule has 19 heavy (non-hydrogen) atoms. The Bertz CT molecular complexity index is 532. The third-order valence-corrected chi connectivity index (χ3v) is 3.00. The number of thioether (sulfide) groups is 1. The minimum Gasteiger partial charge on any atom is -0.480 e. The number of carboxylic acid groups (broad SMARTS) is 1. The molecule has 0 radical (unpaired) electrons.